The van der Waals surface area contributed by atoms with Gasteiger partial charge < -0.3 is 5.73 Å². The molecule has 1 saturated carbocycles. The van der Waals surface area contributed by atoms with Crippen LogP contribution < -0.4 is 5.73 Å². The standard InChI is InChI=1S/C17H34N2/c1-14(2)15-8-5-6-10-17(15,12-18)19-11-7-9-16(3,4)13-19/h14-15H,5-13,18H2,1-4H3. The van der Waals surface area contributed by atoms with Crippen molar-refractivity contribution in [3.05, 3.63) is 0 Å². The Morgan fingerprint density at radius 2 is 1.89 bits per heavy atom. The molecule has 0 aromatic carbocycles. The molecule has 2 rings (SSSR count). The first-order valence-corrected chi connectivity index (χ1v) is 8.36. The summed E-state index contributed by atoms with van der Waals surface area (Å²) in [5.74, 6) is 1.55. The molecule has 19 heavy (non-hydrogen) atoms. The number of nitrogens with zero attached hydrogens (tertiary/aromatic N) is 1. The molecule has 0 bridgehead atoms. The van der Waals surface area contributed by atoms with E-state index in [1.807, 2.05) is 0 Å². The molecular formula is C17H34N2. The zero-order chi connectivity index (χ0) is 14.1. The first kappa shape index (κ1) is 15.3. The van der Waals surface area contributed by atoms with Crippen molar-refractivity contribution in [1.29, 1.82) is 0 Å². The molecule has 0 spiro atoms. The van der Waals surface area contributed by atoms with Crippen LogP contribution in [0.3, 0.4) is 0 Å². The van der Waals surface area contributed by atoms with Crippen LogP contribution in [0, 0.1) is 17.3 Å². The molecule has 1 saturated heterocycles. The average molecular weight is 266 g/mol. The highest BCUT2D eigenvalue weighted by molar-refractivity contribution is 5.03. The van der Waals surface area contributed by atoms with Crippen molar-refractivity contribution >= 4 is 0 Å². The van der Waals surface area contributed by atoms with Gasteiger partial charge in [0, 0.05) is 18.6 Å². The highest BCUT2D eigenvalue weighted by atomic mass is 15.2. The average Bonchev–Trinajstić information content (AvgIpc) is 2.37. The minimum Gasteiger partial charge on any atom is -0.329 e. The minimum absolute atomic E-state index is 0.296. The lowest BCUT2D eigenvalue weighted by molar-refractivity contribution is -0.0521. The third-order valence-electron chi connectivity index (χ3n) is 5.75. The smallest absolute Gasteiger partial charge is 0.0362 e. The van der Waals surface area contributed by atoms with Crippen LogP contribution in [-0.4, -0.2) is 30.1 Å². The van der Waals surface area contributed by atoms with E-state index in [0.29, 0.717) is 11.0 Å². The fraction of sp³-hybridized carbons (Fsp3) is 1.00. The van der Waals surface area contributed by atoms with Crippen LogP contribution in [0.25, 0.3) is 0 Å². The van der Waals surface area contributed by atoms with Crippen molar-refractivity contribution in [2.75, 3.05) is 19.6 Å². The fourth-order valence-electron chi connectivity index (χ4n) is 4.78. The Morgan fingerprint density at radius 3 is 2.47 bits per heavy atom. The summed E-state index contributed by atoms with van der Waals surface area (Å²) in [5.41, 5.74) is 7.11. The molecule has 1 aliphatic carbocycles. The fourth-order valence-corrected chi connectivity index (χ4v) is 4.78. The molecule has 0 amide bonds. The third-order valence-corrected chi connectivity index (χ3v) is 5.75. The molecule has 112 valence electrons. The molecule has 1 heterocycles. The summed E-state index contributed by atoms with van der Waals surface area (Å²) in [7, 11) is 0. The second-order valence-corrected chi connectivity index (χ2v) is 8.09. The molecule has 0 radical (unpaired) electrons. The van der Waals surface area contributed by atoms with Crippen LogP contribution in [0.4, 0.5) is 0 Å². The molecule has 2 nitrogen and oxygen atoms in total. The molecule has 2 unspecified atom stereocenters. The van der Waals surface area contributed by atoms with Gasteiger partial charge in [-0.1, -0.05) is 40.5 Å². The first-order chi connectivity index (χ1) is 8.91. The summed E-state index contributed by atoms with van der Waals surface area (Å²) in [6.07, 6.45) is 8.20. The van der Waals surface area contributed by atoms with Crippen LogP contribution in [0.15, 0.2) is 0 Å². The summed E-state index contributed by atoms with van der Waals surface area (Å²) in [6, 6.07) is 0. The largest absolute Gasteiger partial charge is 0.329 e. The molecule has 0 aromatic rings. The van der Waals surface area contributed by atoms with E-state index in [4.69, 9.17) is 5.73 Å². The van der Waals surface area contributed by atoms with Crippen molar-refractivity contribution in [3.63, 3.8) is 0 Å². The van der Waals surface area contributed by atoms with Crippen LogP contribution in [0.2, 0.25) is 0 Å². The van der Waals surface area contributed by atoms with Crippen LogP contribution in [0.5, 0.6) is 0 Å². The van der Waals surface area contributed by atoms with Gasteiger partial charge in [0.05, 0.1) is 0 Å². The summed E-state index contributed by atoms with van der Waals surface area (Å²) in [4.78, 5) is 2.79. The van der Waals surface area contributed by atoms with Gasteiger partial charge in [-0.05, 0) is 49.5 Å². The molecule has 2 N–H and O–H groups in total. The number of hydrogen-bond acceptors (Lipinski definition) is 2. The monoisotopic (exact) mass is 266 g/mol. The van der Waals surface area contributed by atoms with Gasteiger partial charge in [0.25, 0.3) is 0 Å². The van der Waals surface area contributed by atoms with E-state index in [1.54, 1.807) is 0 Å². The number of hydrogen-bond donors (Lipinski definition) is 1. The Kier molecular flexibility index (Phi) is 4.62. The molecule has 2 atom stereocenters. The zero-order valence-corrected chi connectivity index (χ0v) is 13.5. The van der Waals surface area contributed by atoms with Crippen molar-refractivity contribution in [1.82, 2.24) is 4.90 Å². The van der Waals surface area contributed by atoms with Crippen molar-refractivity contribution < 1.29 is 0 Å². The first-order valence-electron chi connectivity index (χ1n) is 8.36. The van der Waals surface area contributed by atoms with E-state index in [9.17, 15) is 0 Å². The predicted molar refractivity (Wildman–Crippen MR) is 83.2 cm³/mol. The van der Waals surface area contributed by atoms with Gasteiger partial charge in [0.2, 0.25) is 0 Å². The van der Waals surface area contributed by atoms with Gasteiger partial charge in [-0.3, -0.25) is 4.90 Å². The highest BCUT2D eigenvalue weighted by Gasteiger charge is 2.47. The zero-order valence-electron chi connectivity index (χ0n) is 13.5. The normalized spacial score (nSPS) is 36.6. The summed E-state index contributed by atoms with van der Waals surface area (Å²) in [5, 5.41) is 0. The lowest BCUT2D eigenvalue weighted by atomic mass is 9.65. The maximum atomic E-state index is 6.34. The van der Waals surface area contributed by atoms with Gasteiger partial charge in [-0.15, -0.1) is 0 Å². The summed E-state index contributed by atoms with van der Waals surface area (Å²) >= 11 is 0. The third kappa shape index (κ3) is 3.00. The van der Waals surface area contributed by atoms with Crippen LogP contribution in [0.1, 0.15) is 66.2 Å². The van der Waals surface area contributed by atoms with Crippen LogP contribution in [-0.2, 0) is 0 Å². The second-order valence-electron chi connectivity index (χ2n) is 8.09. The van der Waals surface area contributed by atoms with E-state index in [1.165, 1.54) is 51.6 Å². The van der Waals surface area contributed by atoms with Gasteiger partial charge in [-0.25, -0.2) is 0 Å². The maximum Gasteiger partial charge on any atom is 0.0362 e. The Hall–Kier alpha value is -0.0800. The topological polar surface area (TPSA) is 29.3 Å². The van der Waals surface area contributed by atoms with Gasteiger partial charge in [-0.2, -0.15) is 0 Å². The van der Waals surface area contributed by atoms with E-state index in [2.05, 4.69) is 32.6 Å². The molecular weight excluding hydrogens is 232 g/mol. The van der Waals surface area contributed by atoms with Gasteiger partial charge >= 0.3 is 0 Å². The lowest BCUT2D eigenvalue weighted by Crippen LogP contribution is -2.64. The summed E-state index contributed by atoms with van der Waals surface area (Å²) in [6.45, 7) is 13.0. The van der Waals surface area contributed by atoms with E-state index >= 15 is 0 Å². The Labute approximate surface area is 120 Å². The van der Waals surface area contributed by atoms with Crippen LogP contribution >= 0.6 is 0 Å². The maximum absolute atomic E-state index is 6.34. The van der Waals surface area contributed by atoms with E-state index < -0.39 is 0 Å². The molecule has 0 aromatic heterocycles. The quantitative estimate of drug-likeness (QED) is 0.845. The van der Waals surface area contributed by atoms with Gasteiger partial charge in [0.15, 0.2) is 0 Å². The number of piperidine rings is 1. The molecule has 2 aliphatic rings. The molecule has 1 aliphatic heterocycles. The Morgan fingerprint density at radius 1 is 1.16 bits per heavy atom. The number of rotatable bonds is 3. The van der Waals surface area contributed by atoms with E-state index in [0.717, 1.165) is 18.4 Å². The SMILES string of the molecule is CC(C)C1CCCCC1(CN)N1CCCC(C)(C)C1. The molecule has 2 fully saturated rings. The number of nitrogens with two attached hydrogens (primary N) is 1. The van der Waals surface area contributed by atoms with Crippen molar-refractivity contribution in [2.45, 2.75) is 71.8 Å². The predicted octanol–water partition coefficient (Wildman–Crippen LogP) is 3.65. The lowest BCUT2D eigenvalue weighted by Gasteiger charge is -2.56. The van der Waals surface area contributed by atoms with Crippen molar-refractivity contribution in [3.8, 4) is 0 Å². The van der Waals surface area contributed by atoms with Crippen molar-refractivity contribution in [2.24, 2.45) is 23.0 Å². The van der Waals surface area contributed by atoms with E-state index in [-0.39, 0.29) is 0 Å². The second kappa shape index (κ2) is 5.73. The Balaban J connectivity index is 2.24. The van der Waals surface area contributed by atoms with Gasteiger partial charge in [0.1, 0.15) is 0 Å². The molecule has 2 heteroatoms. The summed E-state index contributed by atoms with van der Waals surface area (Å²) < 4.78 is 0. The highest BCUT2D eigenvalue weighted by Crippen LogP contribution is 2.44. The number of likely N-dealkylation sites (tertiary alicyclic amines) is 1. The Bertz CT molecular complexity index is 298. The minimum atomic E-state index is 0.296.